The zero-order valence-corrected chi connectivity index (χ0v) is 14.9. The van der Waals surface area contributed by atoms with Crippen molar-refractivity contribution in [2.24, 2.45) is 0 Å². The quantitative estimate of drug-likeness (QED) is 0.681. The van der Waals surface area contributed by atoms with Crippen molar-refractivity contribution in [1.29, 1.82) is 0 Å². The van der Waals surface area contributed by atoms with Crippen LogP contribution in [0.1, 0.15) is 5.56 Å². The molecule has 0 atom stereocenters. The summed E-state index contributed by atoms with van der Waals surface area (Å²) in [6, 6.07) is 19.1. The summed E-state index contributed by atoms with van der Waals surface area (Å²) in [5, 5.41) is 2.04. The fraction of sp³-hybridized carbons (Fsp3) is 0.158. The number of nitrogens with zero attached hydrogens (tertiary/aromatic N) is 1. The van der Waals surface area contributed by atoms with E-state index in [-0.39, 0.29) is 0 Å². The first-order valence-electron chi connectivity index (χ1n) is 7.81. The highest BCUT2D eigenvalue weighted by Gasteiger charge is 2.30. The lowest BCUT2D eigenvalue weighted by Gasteiger charge is -2.31. The van der Waals surface area contributed by atoms with Gasteiger partial charge in [-0.3, -0.25) is 4.31 Å². The Kier molecular flexibility index (Phi) is 3.77. The highest BCUT2D eigenvalue weighted by atomic mass is 32.2. The van der Waals surface area contributed by atoms with E-state index in [0.29, 0.717) is 11.4 Å². The first-order valence-corrected chi connectivity index (χ1v) is 10.2. The molecule has 1 aliphatic heterocycles. The van der Waals surface area contributed by atoms with Gasteiger partial charge in [-0.2, -0.15) is 0 Å². The summed E-state index contributed by atoms with van der Waals surface area (Å²) in [4.78, 5) is 1.37. The van der Waals surface area contributed by atoms with Crippen LogP contribution in [0.25, 0.3) is 10.8 Å². The van der Waals surface area contributed by atoms with Crippen molar-refractivity contribution in [2.75, 3.05) is 16.6 Å². The number of anilines is 1. The van der Waals surface area contributed by atoms with Gasteiger partial charge in [0, 0.05) is 22.6 Å². The Balaban J connectivity index is 1.93. The summed E-state index contributed by atoms with van der Waals surface area (Å²) >= 11 is 1.71. The number of hydrogen-bond donors (Lipinski definition) is 0. The fourth-order valence-corrected chi connectivity index (χ4v) is 5.73. The third kappa shape index (κ3) is 2.48. The Morgan fingerprint density at radius 1 is 0.958 bits per heavy atom. The van der Waals surface area contributed by atoms with E-state index in [1.165, 1.54) is 0 Å². The molecule has 24 heavy (non-hydrogen) atoms. The molecule has 0 amide bonds. The lowest BCUT2D eigenvalue weighted by Crippen LogP contribution is -2.35. The van der Waals surface area contributed by atoms with Gasteiger partial charge in [0.05, 0.1) is 10.6 Å². The van der Waals surface area contributed by atoms with E-state index >= 15 is 0 Å². The summed E-state index contributed by atoms with van der Waals surface area (Å²) in [5.41, 5.74) is 1.86. The fourth-order valence-electron chi connectivity index (χ4n) is 3.04. The van der Waals surface area contributed by atoms with E-state index in [9.17, 15) is 8.42 Å². The molecular formula is C19H17NO2S2. The predicted octanol–water partition coefficient (Wildman–Crippen LogP) is 4.45. The number of sulfonamides is 1. The molecule has 3 aromatic carbocycles. The third-order valence-corrected chi connectivity index (χ3v) is 7.11. The van der Waals surface area contributed by atoms with Gasteiger partial charge in [0.2, 0.25) is 0 Å². The summed E-state index contributed by atoms with van der Waals surface area (Å²) in [7, 11) is -3.56. The Morgan fingerprint density at radius 2 is 1.71 bits per heavy atom. The monoisotopic (exact) mass is 355 g/mol. The van der Waals surface area contributed by atoms with Gasteiger partial charge in [-0.05, 0) is 30.5 Å². The molecule has 3 nitrogen and oxygen atoms in total. The lowest BCUT2D eigenvalue weighted by atomic mass is 10.1. The highest BCUT2D eigenvalue weighted by Crippen LogP contribution is 2.42. The normalized spacial score (nSPS) is 14.6. The second-order valence-electron chi connectivity index (χ2n) is 5.87. The highest BCUT2D eigenvalue weighted by molar-refractivity contribution is 8.00. The van der Waals surface area contributed by atoms with Gasteiger partial charge >= 0.3 is 0 Å². The van der Waals surface area contributed by atoms with Crippen LogP contribution in [-0.4, -0.2) is 20.7 Å². The van der Waals surface area contributed by atoms with Crippen LogP contribution in [0.5, 0.6) is 0 Å². The molecule has 0 aromatic heterocycles. The van der Waals surface area contributed by atoms with Gasteiger partial charge in [-0.25, -0.2) is 8.42 Å². The molecule has 5 heteroatoms. The molecule has 0 unspecified atom stereocenters. The second-order valence-corrected chi connectivity index (χ2v) is 8.87. The van der Waals surface area contributed by atoms with Crippen molar-refractivity contribution in [3.8, 4) is 0 Å². The number of thioether (sulfide) groups is 1. The minimum Gasteiger partial charge on any atom is -0.264 e. The SMILES string of the molecule is Cc1ccc(S(=O)(=O)N2CCSc3ccc4ccccc4c32)cc1. The van der Waals surface area contributed by atoms with E-state index in [0.717, 1.165) is 32.7 Å². The van der Waals surface area contributed by atoms with Crippen molar-refractivity contribution in [3.05, 3.63) is 66.2 Å². The standard InChI is InChI=1S/C19H17NO2S2/c1-14-6-9-16(10-7-14)24(21,22)20-12-13-23-18-11-8-15-4-2-3-5-17(15)19(18)20/h2-11H,12-13H2,1H3. The summed E-state index contributed by atoms with van der Waals surface area (Å²) < 4.78 is 28.0. The van der Waals surface area contributed by atoms with Crippen LogP contribution in [0.4, 0.5) is 5.69 Å². The largest absolute Gasteiger partial charge is 0.264 e. The third-order valence-electron chi connectivity index (χ3n) is 4.27. The lowest BCUT2D eigenvalue weighted by molar-refractivity contribution is 0.591. The van der Waals surface area contributed by atoms with E-state index in [1.807, 2.05) is 49.4 Å². The van der Waals surface area contributed by atoms with Crippen molar-refractivity contribution >= 4 is 38.2 Å². The second kappa shape index (κ2) is 5.83. The molecule has 0 saturated carbocycles. The van der Waals surface area contributed by atoms with Gasteiger partial charge in [-0.15, -0.1) is 11.8 Å². The molecule has 3 aromatic rings. The molecular weight excluding hydrogens is 338 g/mol. The summed E-state index contributed by atoms with van der Waals surface area (Å²) in [6.45, 7) is 2.44. The molecule has 1 heterocycles. The molecule has 0 aliphatic carbocycles. The van der Waals surface area contributed by atoms with Gasteiger partial charge in [0.1, 0.15) is 0 Å². The van der Waals surface area contributed by atoms with Gasteiger partial charge in [0.15, 0.2) is 0 Å². The van der Waals surface area contributed by atoms with Crippen LogP contribution in [0.15, 0.2) is 70.5 Å². The molecule has 0 spiro atoms. The molecule has 0 bridgehead atoms. The van der Waals surface area contributed by atoms with E-state index in [4.69, 9.17) is 0 Å². The molecule has 0 N–H and O–H groups in total. The topological polar surface area (TPSA) is 37.4 Å². The van der Waals surface area contributed by atoms with Crippen molar-refractivity contribution in [1.82, 2.24) is 0 Å². The average molecular weight is 355 g/mol. The summed E-state index contributed by atoms with van der Waals surface area (Å²) in [5.74, 6) is 0.760. The van der Waals surface area contributed by atoms with Crippen LogP contribution >= 0.6 is 11.8 Å². The number of rotatable bonds is 2. The predicted molar refractivity (Wildman–Crippen MR) is 100 cm³/mol. The molecule has 1 aliphatic rings. The van der Waals surface area contributed by atoms with Crippen molar-refractivity contribution < 1.29 is 8.42 Å². The molecule has 0 saturated heterocycles. The smallest absolute Gasteiger partial charge is 0.264 e. The van der Waals surface area contributed by atoms with Crippen molar-refractivity contribution in [3.63, 3.8) is 0 Å². The van der Waals surface area contributed by atoms with Gasteiger partial charge in [-0.1, -0.05) is 48.0 Å². The number of hydrogen-bond acceptors (Lipinski definition) is 3. The Hall–Kier alpha value is -1.98. The molecule has 4 rings (SSSR count). The Bertz CT molecular complexity index is 1010. The number of fused-ring (bicyclic) bond motifs is 3. The zero-order chi connectivity index (χ0) is 16.7. The molecule has 122 valence electrons. The first kappa shape index (κ1) is 15.5. The van der Waals surface area contributed by atoms with E-state index in [1.54, 1.807) is 28.2 Å². The minimum absolute atomic E-state index is 0.346. The van der Waals surface area contributed by atoms with Crippen LogP contribution in [0.2, 0.25) is 0 Å². The minimum atomic E-state index is -3.56. The van der Waals surface area contributed by atoms with E-state index in [2.05, 4.69) is 6.07 Å². The zero-order valence-electron chi connectivity index (χ0n) is 13.3. The van der Waals surface area contributed by atoms with Gasteiger partial charge < -0.3 is 0 Å². The van der Waals surface area contributed by atoms with E-state index < -0.39 is 10.0 Å². The summed E-state index contributed by atoms with van der Waals surface area (Å²) in [6.07, 6.45) is 0. The maximum absolute atomic E-state index is 13.2. The van der Waals surface area contributed by atoms with Crippen molar-refractivity contribution in [2.45, 2.75) is 16.7 Å². The van der Waals surface area contributed by atoms with Crippen LogP contribution < -0.4 is 4.31 Å². The Labute approximate surface area is 146 Å². The molecule has 0 fully saturated rings. The Morgan fingerprint density at radius 3 is 2.50 bits per heavy atom. The van der Waals surface area contributed by atoms with Crippen LogP contribution in [0.3, 0.4) is 0 Å². The first-order chi connectivity index (χ1) is 11.6. The van der Waals surface area contributed by atoms with Crippen LogP contribution in [0, 0.1) is 6.92 Å². The number of benzene rings is 3. The average Bonchev–Trinajstić information content (AvgIpc) is 2.61. The van der Waals surface area contributed by atoms with Gasteiger partial charge in [0.25, 0.3) is 10.0 Å². The number of aryl methyl sites for hydroxylation is 1. The maximum atomic E-state index is 13.2. The maximum Gasteiger partial charge on any atom is 0.264 e. The molecule has 0 radical (unpaired) electrons. The van der Waals surface area contributed by atoms with Crippen LogP contribution in [-0.2, 0) is 10.0 Å².